The highest BCUT2D eigenvalue weighted by atomic mass is 32.2. The zero-order chi connectivity index (χ0) is 11.6. The molecule has 0 amide bonds. The highest BCUT2D eigenvalue weighted by molar-refractivity contribution is 7.89. The first-order chi connectivity index (χ1) is 7.65. The number of hydrogen-bond acceptors (Lipinski definition) is 2. The monoisotopic (exact) mass is 245 g/mol. The Morgan fingerprint density at radius 3 is 2.69 bits per heavy atom. The van der Waals surface area contributed by atoms with Crippen LogP contribution >= 0.6 is 0 Å². The summed E-state index contributed by atoms with van der Waals surface area (Å²) in [5.41, 5.74) is 0. The molecule has 0 radical (unpaired) electrons. The molecule has 2 fully saturated rings. The molecular weight excluding hydrogens is 222 g/mol. The van der Waals surface area contributed by atoms with Gasteiger partial charge in [0, 0.05) is 12.6 Å². The Balaban J connectivity index is 1.96. The first-order valence-electron chi connectivity index (χ1n) is 6.64. The molecule has 0 aromatic carbocycles. The zero-order valence-corrected chi connectivity index (χ0v) is 11.0. The quantitative estimate of drug-likeness (QED) is 0.762. The average Bonchev–Trinajstić information content (AvgIpc) is 2.38. The molecule has 4 heteroatoms. The smallest absolute Gasteiger partial charge is 0.212 e. The van der Waals surface area contributed by atoms with E-state index in [0.717, 1.165) is 25.8 Å². The number of unbranched alkanes of at least 4 members (excludes halogenated alkanes) is 1. The number of nitrogens with zero attached hydrogens (tertiary/aromatic N) is 1. The molecule has 3 nitrogen and oxygen atoms in total. The predicted molar refractivity (Wildman–Crippen MR) is 65.8 cm³/mol. The molecule has 1 saturated carbocycles. The minimum Gasteiger partial charge on any atom is -0.212 e. The second kappa shape index (κ2) is 5.05. The highest BCUT2D eigenvalue weighted by Gasteiger charge is 2.44. The lowest BCUT2D eigenvalue weighted by Gasteiger charge is -2.46. The molecule has 94 valence electrons. The van der Waals surface area contributed by atoms with E-state index < -0.39 is 10.0 Å². The molecule has 1 aliphatic carbocycles. The van der Waals surface area contributed by atoms with E-state index in [1.165, 1.54) is 25.7 Å². The Bertz CT molecular complexity index is 326. The summed E-state index contributed by atoms with van der Waals surface area (Å²) in [5.74, 6) is 1.02. The standard InChI is InChI=1S/C12H23NO2S/c1-2-3-9-16(14,15)13-10-11-7-5-4-6-8-12(11)13/h11-12H,2-10H2,1H3/t11-,12+/m1/s1. The molecule has 2 atom stereocenters. The summed E-state index contributed by atoms with van der Waals surface area (Å²) in [7, 11) is -2.94. The molecule has 1 saturated heterocycles. The van der Waals surface area contributed by atoms with Crippen LogP contribution in [0.5, 0.6) is 0 Å². The van der Waals surface area contributed by atoms with Crippen LogP contribution in [0.2, 0.25) is 0 Å². The predicted octanol–water partition coefficient (Wildman–Crippen LogP) is 2.38. The maximum absolute atomic E-state index is 12.1. The Morgan fingerprint density at radius 1 is 1.19 bits per heavy atom. The third kappa shape index (κ3) is 2.43. The van der Waals surface area contributed by atoms with Gasteiger partial charge in [0.25, 0.3) is 0 Å². The molecule has 2 aliphatic rings. The van der Waals surface area contributed by atoms with Crippen LogP contribution in [0.25, 0.3) is 0 Å². The summed E-state index contributed by atoms with van der Waals surface area (Å²) in [5, 5.41) is 0. The largest absolute Gasteiger partial charge is 0.214 e. The molecule has 0 bridgehead atoms. The minimum absolute atomic E-state index is 0.351. The lowest BCUT2D eigenvalue weighted by atomic mass is 9.87. The van der Waals surface area contributed by atoms with Crippen molar-refractivity contribution in [2.75, 3.05) is 12.3 Å². The third-order valence-corrected chi connectivity index (χ3v) is 5.96. The van der Waals surface area contributed by atoms with Gasteiger partial charge in [-0.3, -0.25) is 0 Å². The lowest BCUT2D eigenvalue weighted by Crippen LogP contribution is -2.58. The van der Waals surface area contributed by atoms with E-state index in [4.69, 9.17) is 0 Å². The van der Waals surface area contributed by atoms with Gasteiger partial charge in [0.05, 0.1) is 5.75 Å². The molecule has 2 rings (SSSR count). The van der Waals surface area contributed by atoms with Crippen LogP contribution in [0, 0.1) is 5.92 Å². The number of rotatable bonds is 4. The van der Waals surface area contributed by atoms with Crippen molar-refractivity contribution in [2.45, 2.75) is 57.9 Å². The van der Waals surface area contributed by atoms with Crippen molar-refractivity contribution in [3.05, 3.63) is 0 Å². The van der Waals surface area contributed by atoms with E-state index in [1.54, 1.807) is 4.31 Å². The summed E-state index contributed by atoms with van der Waals surface area (Å²) in [6.07, 6.45) is 7.89. The molecule has 0 aromatic rings. The zero-order valence-electron chi connectivity index (χ0n) is 10.2. The molecule has 0 aromatic heterocycles. The fraction of sp³-hybridized carbons (Fsp3) is 1.00. The van der Waals surface area contributed by atoms with E-state index >= 15 is 0 Å². The number of sulfonamides is 1. The van der Waals surface area contributed by atoms with Crippen LogP contribution in [-0.4, -0.2) is 31.1 Å². The van der Waals surface area contributed by atoms with Crippen LogP contribution in [0.4, 0.5) is 0 Å². The van der Waals surface area contributed by atoms with Crippen LogP contribution in [0.1, 0.15) is 51.9 Å². The van der Waals surface area contributed by atoms with Gasteiger partial charge in [-0.15, -0.1) is 0 Å². The molecule has 0 spiro atoms. The van der Waals surface area contributed by atoms with E-state index in [1.807, 2.05) is 6.92 Å². The maximum Gasteiger partial charge on any atom is 0.214 e. The summed E-state index contributed by atoms with van der Waals surface area (Å²) in [4.78, 5) is 0. The van der Waals surface area contributed by atoms with E-state index in [2.05, 4.69) is 0 Å². The lowest BCUT2D eigenvalue weighted by molar-refractivity contribution is 0.0941. The summed E-state index contributed by atoms with van der Waals surface area (Å²) < 4.78 is 25.9. The van der Waals surface area contributed by atoms with Gasteiger partial charge in [-0.1, -0.05) is 32.6 Å². The highest BCUT2D eigenvalue weighted by Crippen LogP contribution is 2.38. The van der Waals surface area contributed by atoms with Gasteiger partial charge < -0.3 is 0 Å². The van der Waals surface area contributed by atoms with E-state index in [9.17, 15) is 8.42 Å². The van der Waals surface area contributed by atoms with Crippen molar-refractivity contribution in [3.63, 3.8) is 0 Å². The van der Waals surface area contributed by atoms with E-state index in [-0.39, 0.29) is 0 Å². The number of fused-ring (bicyclic) bond motifs is 1. The third-order valence-electron chi connectivity index (χ3n) is 4.02. The van der Waals surface area contributed by atoms with Crippen LogP contribution in [-0.2, 0) is 10.0 Å². The fourth-order valence-corrected chi connectivity index (χ4v) is 4.95. The summed E-state index contributed by atoms with van der Waals surface area (Å²) in [6.45, 7) is 2.84. The van der Waals surface area contributed by atoms with Crippen molar-refractivity contribution in [1.82, 2.24) is 4.31 Å². The Morgan fingerprint density at radius 2 is 1.94 bits per heavy atom. The normalized spacial score (nSPS) is 31.6. The van der Waals surface area contributed by atoms with Crippen molar-refractivity contribution in [2.24, 2.45) is 5.92 Å². The Labute approximate surface area is 99.3 Å². The molecule has 1 heterocycles. The molecule has 0 N–H and O–H groups in total. The average molecular weight is 245 g/mol. The van der Waals surface area contributed by atoms with Crippen molar-refractivity contribution in [3.8, 4) is 0 Å². The Hall–Kier alpha value is -0.0900. The van der Waals surface area contributed by atoms with Crippen LogP contribution < -0.4 is 0 Å². The molecule has 16 heavy (non-hydrogen) atoms. The van der Waals surface area contributed by atoms with Crippen molar-refractivity contribution in [1.29, 1.82) is 0 Å². The van der Waals surface area contributed by atoms with Gasteiger partial charge in [0.15, 0.2) is 0 Å². The summed E-state index contributed by atoms with van der Waals surface area (Å²) >= 11 is 0. The second-order valence-electron chi connectivity index (χ2n) is 5.20. The Kier molecular flexibility index (Phi) is 3.90. The van der Waals surface area contributed by atoms with Crippen molar-refractivity contribution < 1.29 is 8.42 Å². The van der Waals surface area contributed by atoms with Crippen LogP contribution in [0.3, 0.4) is 0 Å². The first-order valence-corrected chi connectivity index (χ1v) is 8.25. The molecular formula is C12H23NO2S. The fourth-order valence-electron chi connectivity index (χ4n) is 2.95. The van der Waals surface area contributed by atoms with Gasteiger partial charge >= 0.3 is 0 Å². The minimum atomic E-state index is -2.94. The van der Waals surface area contributed by atoms with Gasteiger partial charge in [-0.2, -0.15) is 4.31 Å². The summed E-state index contributed by atoms with van der Waals surface area (Å²) in [6, 6.07) is 0.351. The second-order valence-corrected chi connectivity index (χ2v) is 7.25. The molecule has 1 aliphatic heterocycles. The van der Waals surface area contributed by atoms with Crippen LogP contribution in [0.15, 0.2) is 0 Å². The number of hydrogen-bond donors (Lipinski definition) is 0. The van der Waals surface area contributed by atoms with Gasteiger partial charge in [-0.05, 0) is 25.2 Å². The van der Waals surface area contributed by atoms with Gasteiger partial charge in [0.2, 0.25) is 10.0 Å². The maximum atomic E-state index is 12.1. The SMILES string of the molecule is CCCCS(=O)(=O)N1C[C@H]2CCCCC[C@@H]21. The molecule has 0 unspecified atom stereocenters. The van der Waals surface area contributed by atoms with Gasteiger partial charge in [0.1, 0.15) is 0 Å². The van der Waals surface area contributed by atoms with Crippen molar-refractivity contribution >= 4 is 10.0 Å². The topological polar surface area (TPSA) is 37.4 Å². The first kappa shape index (κ1) is 12.4. The van der Waals surface area contributed by atoms with Gasteiger partial charge in [-0.25, -0.2) is 8.42 Å². The van der Waals surface area contributed by atoms with E-state index in [0.29, 0.717) is 17.7 Å².